The van der Waals surface area contributed by atoms with Crippen LogP contribution in [-0.2, 0) is 0 Å². The second-order valence-electron chi connectivity index (χ2n) is 11.9. The molecule has 45 heavy (non-hydrogen) atoms. The number of carbonyl (C=O) groups is 1. The smallest absolute Gasteiger partial charge is 0.269 e. The van der Waals surface area contributed by atoms with Crippen LogP contribution in [0.3, 0.4) is 0 Å². The molecule has 0 bridgehead atoms. The van der Waals surface area contributed by atoms with Crippen molar-refractivity contribution >= 4 is 62.1 Å². The molecule has 0 aliphatic carbocycles. The lowest BCUT2D eigenvalue weighted by molar-refractivity contribution is 0.101. The Hall–Kier alpha value is -5.32. The van der Waals surface area contributed by atoms with Crippen molar-refractivity contribution in [2.45, 2.75) is 18.7 Å². The summed E-state index contributed by atoms with van der Waals surface area (Å²) in [7, 11) is 0. The van der Waals surface area contributed by atoms with Crippen LogP contribution in [0.5, 0.6) is 0 Å². The molecule has 0 N–H and O–H groups in total. The minimum absolute atomic E-state index is 0.0166. The Morgan fingerprint density at radius 1 is 0.489 bits per heavy atom. The van der Waals surface area contributed by atoms with E-state index in [0.29, 0.717) is 0 Å². The van der Waals surface area contributed by atoms with Crippen LogP contribution in [0, 0.1) is 13.8 Å². The number of anilines is 4. The summed E-state index contributed by atoms with van der Waals surface area (Å²) in [6.07, 6.45) is 0. The molecule has 0 spiro atoms. The van der Waals surface area contributed by atoms with Crippen molar-refractivity contribution in [1.82, 2.24) is 0 Å². The topological polar surface area (TPSA) is 23.6 Å². The zero-order valence-corrected chi connectivity index (χ0v) is 25.7. The van der Waals surface area contributed by atoms with E-state index in [0.717, 1.165) is 32.5 Å². The SMILES string of the molecule is Cc1cc(N2c3ccccc3-c3cccc4cccc2c34)c(C)cc1-c1ccc2cccc3c2c1SN(c1ccccc1)C3=O. The van der Waals surface area contributed by atoms with Crippen molar-refractivity contribution in [1.29, 1.82) is 0 Å². The minimum Gasteiger partial charge on any atom is -0.309 e. The molecule has 2 aliphatic heterocycles. The van der Waals surface area contributed by atoms with Gasteiger partial charge in [0.15, 0.2) is 0 Å². The Kier molecular flexibility index (Phi) is 5.71. The van der Waals surface area contributed by atoms with Crippen LogP contribution in [0.25, 0.3) is 43.8 Å². The van der Waals surface area contributed by atoms with E-state index in [2.05, 4.69) is 110 Å². The second-order valence-corrected chi connectivity index (χ2v) is 12.8. The number of benzene rings is 7. The fourth-order valence-electron chi connectivity index (χ4n) is 7.16. The quantitative estimate of drug-likeness (QED) is 0.190. The third-order valence-electron chi connectivity index (χ3n) is 9.22. The van der Waals surface area contributed by atoms with Gasteiger partial charge in [0.05, 0.1) is 17.1 Å². The highest BCUT2D eigenvalue weighted by Gasteiger charge is 2.31. The van der Waals surface area contributed by atoms with E-state index in [1.54, 1.807) is 0 Å². The summed E-state index contributed by atoms with van der Waals surface area (Å²) < 4.78 is 1.83. The first-order valence-electron chi connectivity index (χ1n) is 15.2. The van der Waals surface area contributed by atoms with Gasteiger partial charge in [-0.2, -0.15) is 0 Å². The predicted octanol–water partition coefficient (Wildman–Crippen LogP) is 11.4. The first kappa shape index (κ1) is 26.1. The van der Waals surface area contributed by atoms with Crippen LogP contribution in [0.15, 0.2) is 138 Å². The maximum absolute atomic E-state index is 13.8. The molecule has 2 heterocycles. The van der Waals surface area contributed by atoms with Crippen molar-refractivity contribution in [3.63, 3.8) is 0 Å². The highest BCUT2D eigenvalue weighted by molar-refractivity contribution is 8.01. The molecule has 0 fully saturated rings. The molecule has 3 nitrogen and oxygen atoms in total. The molecular weight excluding hydrogens is 569 g/mol. The van der Waals surface area contributed by atoms with Gasteiger partial charge in [-0.05, 0) is 107 Å². The summed E-state index contributed by atoms with van der Waals surface area (Å²) in [5.41, 5.74) is 12.4. The van der Waals surface area contributed by atoms with E-state index >= 15 is 0 Å². The third kappa shape index (κ3) is 3.82. The normalized spacial score (nSPS) is 13.4. The molecule has 214 valence electrons. The highest BCUT2D eigenvalue weighted by Crippen LogP contribution is 2.53. The summed E-state index contributed by atoms with van der Waals surface area (Å²) in [5, 5.41) is 4.65. The maximum atomic E-state index is 13.8. The van der Waals surface area contributed by atoms with Gasteiger partial charge in [0, 0.05) is 32.5 Å². The van der Waals surface area contributed by atoms with E-state index in [1.807, 2.05) is 46.8 Å². The molecule has 7 aromatic rings. The largest absolute Gasteiger partial charge is 0.309 e. The predicted molar refractivity (Wildman–Crippen MR) is 189 cm³/mol. The van der Waals surface area contributed by atoms with E-state index < -0.39 is 0 Å². The Balaban J connectivity index is 1.24. The van der Waals surface area contributed by atoms with Gasteiger partial charge in [-0.3, -0.25) is 4.79 Å². The average molecular weight is 597 g/mol. The molecule has 0 atom stereocenters. The van der Waals surface area contributed by atoms with Crippen molar-refractivity contribution in [2.24, 2.45) is 0 Å². The summed E-state index contributed by atoms with van der Waals surface area (Å²) in [6, 6.07) is 47.0. The van der Waals surface area contributed by atoms with Crippen molar-refractivity contribution < 1.29 is 4.79 Å². The standard InChI is InChI=1S/C41H28N2OS/c1-25-24-37(42-35-19-7-6-16-30(35)31-17-8-11-27-13-10-20-36(42)38(27)31)26(2)23-34(25)32-22-21-28-12-9-18-33-39(28)40(32)45-43(41(33)44)29-14-4-3-5-15-29/h3-24H,1-2H3. The molecule has 0 saturated carbocycles. The monoisotopic (exact) mass is 596 g/mol. The first-order chi connectivity index (χ1) is 22.1. The zero-order valence-electron chi connectivity index (χ0n) is 24.9. The number of rotatable bonds is 3. The third-order valence-corrected chi connectivity index (χ3v) is 10.4. The number of fused-ring (bicyclic) bond motifs is 2. The highest BCUT2D eigenvalue weighted by atomic mass is 32.2. The number of hydrogen-bond acceptors (Lipinski definition) is 3. The number of hydrogen-bond donors (Lipinski definition) is 0. The van der Waals surface area contributed by atoms with Gasteiger partial charge in [0.1, 0.15) is 0 Å². The van der Waals surface area contributed by atoms with E-state index in [4.69, 9.17) is 0 Å². The summed E-state index contributed by atoms with van der Waals surface area (Å²) in [6.45, 7) is 4.42. The van der Waals surface area contributed by atoms with Gasteiger partial charge in [-0.25, -0.2) is 4.31 Å². The Morgan fingerprint density at radius 2 is 1.16 bits per heavy atom. The summed E-state index contributed by atoms with van der Waals surface area (Å²) >= 11 is 1.53. The van der Waals surface area contributed by atoms with Crippen LogP contribution in [0.1, 0.15) is 21.5 Å². The number of nitrogens with zero attached hydrogens (tertiary/aromatic N) is 2. The summed E-state index contributed by atoms with van der Waals surface area (Å²) in [5.74, 6) is 0.0166. The summed E-state index contributed by atoms with van der Waals surface area (Å²) in [4.78, 5) is 17.3. The Morgan fingerprint density at radius 3 is 1.98 bits per heavy atom. The van der Waals surface area contributed by atoms with Crippen LogP contribution < -0.4 is 9.21 Å². The fraction of sp³-hybridized carbons (Fsp3) is 0.0488. The van der Waals surface area contributed by atoms with Crippen molar-refractivity contribution in [3.05, 3.63) is 150 Å². The molecule has 2 aliphatic rings. The number of para-hydroxylation sites is 2. The van der Waals surface area contributed by atoms with E-state index in [9.17, 15) is 4.79 Å². The molecule has 9 rings (SSSR count). The number of amides is 1. The zero-order chi connectivity index (χ0) is 30.2. The van der Waals surface area contributed by atoms with Crippen LogP contribution in [0.4, 0.5) is 22.7 Å². The molecule has 0 saturated heterocycles. The Labute approximate surface area is 266 Å². The van der Waals surface area contributed by atoms with Gasteiger partial charge < -0.3 is 4.90 Å². The lowest BCUT2D eigenvalue weighted by Crippen LogP contribution is -2.27. The van der Waals surface area contributed by atoms with E-state index in [1.165, 1.54) is 67.6 Å². The average Bonchev–Trinajstić information content (AvgIpc) is 3.08. The van der Waals surface area contributed by atoms with Gasteiger partial charge in [-0.1, -0.05) is 91.0 Å². The molecule has 0 radical (unpaired) electrons. The lowest BCUT2D eigenvalue weighted by atomic mass is 9.89. The van der Waals surface area contributed by atoms with Crippen LogP contribution in [-0.4, -0.2) is 5.91 Å². The van der Waals surface area contributed by atoms with Gasteiger partial charge in [0.2, 0.25) is 0 Å². The fourth-order valence-corrected chi connectivity index (χ4v) is 8.34. The van der Waals surface area contributed by atoms with Crippen molar-refractivity contribution in [2.75, 3.05) is 9.21 Å². The molecule has 1 amide bonds. The van der Waals surface area contributed by atoms with E-state index in [-0.39, 0.29) is 5.91 Å². The van der Waals surface area contributed by atoms with Gasteiger partial charge >= 0.3 is 0 Å². The molecule has 4 heteroatoms. The van der Waals surface area contributed by atoms with Gasteiger partial charge in [-0.15, -0.1) is 0 Å². The number of carbonyl (C=O) groups excluding carboxylic acids is 1. The van der Waals surface area contributed by atoms with Crippen molar-refractivity contribution in [3.8, 4) is 22.3 Å². The minimum atomic E-state index is 0.0166. The second kappa shape index (κ2) is 9.85. The van der Waals surface area contributed by atoms with Gasteiger partial charge in [0.25, 0.3) is 5.91 Å². The first-order valence-corrected chi connectivity index (χ1v) is 16.0. The molecular formula is C41H28N2OS. The van der Waals surface area contributed by atoms with Crippen LogP contribution >= 0.6 is 11.9 Å². The lowest BCUT2D eigenvalue weighted by Gasteiger charge is -2.35. The maximum Gasteiger partial charge on any atom is 0.269 e. The van der Waals surface area contributed by atoms with Crippen LogP contribution in [0.2, 0.25) is 0 Å². The molecule has 7 aromatic carbocycles. The molecule has 0 aromatic heterocycles. The number of aryl methyl sites for hydroxylation is 2. The molecule has 0 unspecified atom stereocenters. The Bertz CT molecular complexity index is 2360.